The first-order chi connectivity index (χ1) is 11.9. The number of nitrogens with one attached hydrogen (secondary N) is 1. The molecule has 0 aromatic heterocycles. The fourth-order valence-corrected chi connectivity index (χ4v) is 3.90. The van der Waals surface area contributed by atoms with E-state index < -0.39 is 0 Å². The van der Waals surface area contributed by atoms with Gasteiger partial charge in [0, 0.05) is 12.5 Å². The minimum Gasteiger partial charge on any atom is -0.316 e. The van der Waals surface area contributed by atoms with Gasteiger partial charge in [-0.1, -0.05) is 83.6 Å². The zero-order valence-electron chi connectivity index (χ0n) is 17.5. The molecule has 1 rings (SSSR count). The lowest BCUT2D eigenvalue weighted by atomic mass is 9.70. The van der Waals surface area contributed by atoms with Gasteiger partial charge >= 0.3 is 0 Å². The van der Waals surface area contributed by atoms with Crippen molar-refractivity contribution < 1.29 is 0 Å². The first-order valence-corrected chi connectivity index (χ1v) is 10.2. The van der Waals surface area contributed by atoms with Crippen LogP contribution < -0.4 is 5.32 Å². The Kier molecular flexibility index (Phi) is 9.50. The Morgan fingerprint density at radius 2 is 1.92 bits per heavy atom. The van der Waals surface area contributed by atoms with Gasteiger partial charge in [-0.25, -0.2) is 0 Å². The summed E-state index contributed by atoms with van der Waals surface area (Å²) in [4.78, 5) is 0. The summed E-state index contributed by atoms with van der Waals surface area (Å²) in [5, 5.41) is 3.53. The summed E-state index contributed by atoms with van der Waals surface area (Å²) < 4.78 is 0. The van der Waals surface area contributed by atoms with Crippen LogP contribution in [0.3, 0.4) is 0 Å². The molecular formula is C24H41N. The van der Waals surface area contributed by atoms with Crippen molar-refractivity contribution in [1.29, 1.82) is 0 Å². The van der Waals surface area contributed by atoms with E-state index in [9.17, 15) is 0 Å². The topological polar surface area (TPSA) is 12.0 Å². The molecule has 0 fully saturated rings. The van der Waals surface area contributed by atoms with Gasteiger partial charge in [0.1, 0.15) is 0 Å². The van der Waals surface area contributed by atoms with Gasteiger partial charge in [0.05, 0.1) is 0 Å². The molecule has 25 heavy (non-hydrogen) atoms. The first-order valence-electron chi connectivity index (χ1n) is 10.2. The summed E-state index contributed by atoms with van der Waals surface area (Å²) in [6, 6.07) is 0. The highest BCUT2D eigenvalue weighted by Crippen LogP contribution is 2.39. The summed E-state index contributed by atoms with van der Waals surface area (Å²) in [6.07, 6.45) is 17.4. The first kappa shape index (κ1) is 22.0. The predicted octanol–water partition coefficient (Wildman–Crippen LogP) is 6.56. The number of rotatable bonds is 11. The smallest absolute Gasteiger partial charge is 0.00431 e. The van der Waals surface area contributed by atoms with Crippen LogP contribution in [0.25, 0.3) is 0 Å². The number of hydrogen-bond acceptors (Lipinski definition) is 1. The van der Waals surface area contributed by atoms with Crippen LogP contribution in [-0.4, -0.2) is 13.1 Å². The Morgan fingerprint density at radius 1 is 1.24 bits per heavy atom. The SMILES string of the molecule is C=CC(C)C(CCC(C)(C)CNCC)/C(=C/CC)[C@H]1C=CC=CC1C. The monoisotopic (exact) mass is 343 g/mol. The molecule has 0 aromatic carbocycles. The molecule has 142 valence electrons. The second kappa shape index (κ2) is 10.8. The minimum atomic E-state index is 0.334. The lowest BCUT2D eigenvalue weighted by molar-refractivity contribution is 0.270. The average Bonchev–Trinajstić information content (AvgIpc) is 2.59. The van der Waals surface area contributed by atoms with Crippen LogP contribution >= 0.6 is 0 Å². The van der Waals surface area contributed by atoms with Crippen LogP contribution in [0, 0.1) is 29.1 Å². The normalized spacial score (nSPS) is 23.5. The largest absolute Gasteiger partial charge is 0.316 e. The van der Waals surface area contributed by atoms with Gasteiger partial charge in [0.25, 0.3) is 0 Å². The van der Waals surface area contributed by atoms with Crippen molar-refractivity contribution in [3.05, 3.63) is 48.6 Å². The Morgan fingerprint density at radius 3 is 2.48 bits per heavy atom. The van der Waals surface area contributed by atoms with Crippen LogP contribution in [0.5, 0.6) is 0 Å². The Labute approximate surface area is 157 Å². The van der Waals surface area contributed by atoms with Crippen molar-refractivity contribution in [2.24, 2.45) is 29.1 Å². The van der Waals surface area contributed by atoms with Crippen LogP contribution in [-0.2, 0) is 0 Å². The zero-order chi connectivity index (χ0) is 18.9. The van der Waals surface area contributed by atoms with E-state index >= 15 is 0 Å². The molecule has 4 atom stereocenters. The highest BCUT2D eigenvalue weighted by Gasteiger charge is 2.29. The molecule has 1 aliphatic carbocycles. The summed E-state index contributed by atoms with van der Waals surface area (Å²) >= 11 is 0. The fraction of sp³-hybridized carbons (Fsp3) is 0.667. The van der Waals surface area contributed by atoms with Crippen LogP contribution in [0.1, 0.15) is 60.8 Å². The maximum absolute atomic E-state index is 4.11. The second-order valence-corrected chi connectivity index (χ2v) is 8.45. The highest BCUT2D eigenvalue weighted by molar-refractivity contribution is 5.26. The van der Waals surface area contributed by atoms with Gasteiger partial charge in [-0.15, -0.1) is 6.58 Å². The fourth-order valence-electron chi connectivity index (χ4n) is 3.90. The maximum atomic E-state index is 4.11. The Hall–Kier alpha value is -1.08. The average molecular weight is 344 g/mol. The van der Waals surface area contributed by atoms with Gasteiger partial charge in [-0.05, 0) is 49.0 Å². The highest BCUT2D eigenvalue weighted by atomic mass is 14.9. The quantitative estimate of drug-likeness (QED) is 0.419. The summed E-state index contributed by atoms with van der Waals surface area (Å²) in [6.45, 7) is 20.2. The lowest BCUT2D eigenvalue weighted by Crippen LogP contribution is -2.31. The number of hydrogen-bond donors (Lipinski definition) is 1. The molecule has 0 radical (unpaired) electrons. The Bertz CT molecular complexity index is 480. The van der Waals surface area contributed by atoms with E-state index in [0.717, 1.165) is 19.5 Å². The van der Waals surface area contributed by atoms with Crippen molar-refractivity contribution in [3.8, 4) is 0 Å². The van der Waals surface area contributed by atoms with E-state index in [0.29, 0.717) is 29.1 Å². The zero-order valence-corrected chi connectivity index (χ0v) is 17.5. The lowest BCUT2D eigenvalue weighted by Gasteiger charge is -2.35. The third-order valence-corrected chi connectivity index (χ3v) is 5.66. The molecule has 0 saturated carbocycles. The summed E-state index contributed by atoms with van der Waals surface area (Å²) in [5.74, 6) is 2.22. The summed E-state index contributed by atoms with van der Waals surface area (Å²) in [5.41, 5.74) is 1.96. The van der Waals surface area contributed by atoms with Crippen molar-refractivity contribution in [2.45, 2.75) is 60.8 Å². The third-order valence-electron chi connectivity index (χ3n) is 5.66. The molecule has 0 heterocycles. The van der Waals surface area contributed by atoms with Crippen molar-refractivity contribution >= 4 is 0 Å². The molecule has 0 bridgehead atoms. The molecular weight excluding hydrogens is 302 g/mol. The predicted molar refractivity (Wildman–Crippen MR) is 114 cm³/mol. The van der Waals surface area contributed by atoms with E-state index in [1.807, 2.05) is 0 Å². The molecule has 0 aromatic rings. The number of allylic oxidation sites excluding steroid dienone is 7. The van der Waals surface area contributed by atoms with Gasteiger partial charge in [-0.2, -0.15) is 0 Å². The van der Waals surface area contributed by atoms with Crippen molar-refractivity contribution in [1.82, 2.24) is 5.32 Å². The molecule has 0 amide bonds. The second-order valence-electron chi connectivity index (χ2n) is 8.45. The molecule has 1 aliphatic rings. The molecule has 0 spiro atoms. The molecule has 1 heteroatoms. The molecule has 0 saturated heterocycles. The third kappa shape index (κ3) is 6.98. The van der Waals surface area contributed by atoms with Crippen LogP contribution in [0.4, 0.5) is 0 Å². The van der Waals surface area contributed by atoms with E-state index in [1.165, 1.54) is 12.8 Å². The maximum Gasteiger partial charge on any atom is 0.00431 e. The van der Waals surface area contributed by atoms with E-state index in [4.69, 9.17) is 0 Å². The van der Waals surface area contributed by atoms with E-state index in [2.05, 4.69) is 89.9 Å². The van der Waals surface area contributed by atoms with Crippen molar-refractivity contribution in [2.75, 3.05) is 13.1 Å². The minimum absolute atomic E-state index is 0.334. The molecule has 1 nitrogen and oxygen atoms in total. The van der Waals surface area contributed by atoms with Crippen LogP contribution in [0.2, 0.25) is 0 Å². The van der Waals surface area contributed by atoms with Crippen LogP contribution in [0.15, 0.2) is 48.6 Å². The van der Waals surface area contributed by atoms with Crippen molar-refractivity contribution in [3.63, 3.8) is 0 Å². The molecule has 1 N–H and O–H groups in total. The van der Waals surface area contributed by atoms with E-state index in [1.54, 1.807) is 5.57 Å². The summed E-state index contributed by atoms with van der Waals surface area (Å²) in [7, 11) is 0. The molecule has 3 unspecified atom stereocenters. The Balaban J connectivity index is 2.97. The molecule has 0 aliphatic heterocycles. The van der Waals surface area contributed by atoms with Gasteiger partial charge in [0.15, 0.2) is 0 Å². The van der Waals surface area contributed by atoms with E-state index in [-0.39, 0.29) is 0 Å². The van der Waals surface area contributed by atoms with Gasteiger partial charge < -0.3 is 5.32 Å². The standard InChI is InChI=1S/C24H41N/c1-8-13-23(21-15-12-11-14-20(21)5)22(19(4)9-2)16-17-24(6,7)18-25-10-3/h9,11-15,19-22,25H,2,8,10,16-18H2,1,3-7H3/b23-13+/t19?,20?,21-,22?/m0/s1. The van der Waals surface area contributed by atoms with Gasteiger partial charge in [-0.3, -0.25) is 0 Å². The van der Waals surface area contributed by atoms with Gasteiger partial charge in [0.2, 0.25) is 0 Å².